The summed E-state index contributed by atoms with van der Waals surface area (Å²) in [6.45, 7) is 0.632. The van der Waals surface area contributed by atoms with Crippen LogP contribution in [0.3, 0.4) is 0 Å². The summed E-state index contributed by atoms with van der Waals surface area (Å²) in [5.74, 6) is 0.645. The summed E-state index contributed by atoms with van der Waals surface area (Å²) >= 11 is 1.43. The van der Waals surface area contributed by atoms with Crippen LogP contribution in [0.2, 0.25) is 0 Å². The third-order valence-corrected chi connectivity index (χ3v) is 5.31. The van der Waals surface area contributed by atoms with E-state index < -0.39 is 16.1 Å². The van der Waals surface area contributed by atoms with Gasteiger partial charge in [0.25, 0.3) is 0 Å². The molecule has 2 aromatic rings. The largest absolute Gasteiger partial charge is 0.486 e. The number of thiophene rings is 1. The van der Waals surface area contributed by atoms with Crippen LogP contribution < -0.4 is 9.46 Å². The SMILES string of the molecule is CS(=O)(=O)N[C@H]1COC[C@H]1Oc1ccc(-c2ccc(C#N)s2)cc1. The van der Waals surface area contributed by atoms with Gasteiger partial charge in [-0.1, -0.05) is 0 Å². The van der Waals surface area contributed by atoms with E-state index in [1.807, 2.05) is 30.3 Å². The highest BCUT2D eigenvalue weighted by Crippen LogP contribution is 2.29. The maximum Gasteiger partial charge on any atom is 0.209 e. The molecule has 1 aromatic carbocycles. The Kier molecular flexibility index (Phi) is 4.87. The Balaban J connectivity index is 1.69. The molecule has 1 aliphatic heterocycles. The zero-order chi connectivity index (χ0) is 17.2. The molecule has 1 N–H and O–H groups in total. The molecule has 24 heavy (non-hydrogen) atoms. The molecule has 0 saturated carbocycles. The lowest BCUT2D eigenvalue weighted by Gasteiger charge is -2.19. The lowest BCUT2D eigenvalue weighted by atomic mass is 10.2. The number of nitrogens with zero attached hydrogens (tertiary/aromatic N) is 1. The third-order valence-electron chi connectivity index (χ3n) is 3.54. The average molecular weight is 364 g/mol. The van der Waals surface area contributed by atoms with Crippen LogP contribution in [0.15, 0.2) is 36.4 Å². The Morgan fingerprint density at radius 1 is 1.25 bits per heavy atom. The zero-order valence-electron chi connectivity index (χ0n) is 12.9. The lowest BCUT2D eigenvalue weighted by Crippen LogP contribution is -2.44. The monoisotopic (exact) mass is 364 g/mol. The first-order chi connectivity index (χ1) is 11.4. The number of sulfonamides is 1. The minimum absolute atomic E-state index is 0.294. The maximum atomic E-state index is 11.4. The molecule has 8 heteroatoms. The fourth-order valence-electron chi connectivity index (χ4n) is 2.46. The van der Waals surface area contributed by atoms with E-state index in [0.717, 1.165) is 16.7 Å². The summed E-state index contributed by atoms with van der Waals surface area (Å²) in [7, 11) is -3.31. The average Bonchev–Trinajstić information content (AvgIpc) is 3.16. The lowest BCUT2D eigenvalue weighted by molar-refractivity contribution is 0.140. The normalized spacial score (nSPS) is 20.7. The van der Waals surface area contributed by atoms with Crippen LogP contribution in [0.5, 0.6) is 5.75 Å². The number of benzene rings is 1. The Morgan fingerprint density at radius 2 is 2.00 bits per heavy atom. The molecule has 2 heterocycles. The Hall–Kier alpha value is -1.92. The highest BCUT2D eigenvalue weighted by atomic mass is 32.2. The van der Waals surface area contributed by atoms with E-state index in [1.54, 1.807) is 6.07 Å². The molecule has 1 aliphatic rings. The molecule has 0 bridgehead atoms. The van der Waals surface area contributed by atoms with Crippen molar-refractivity contribution in [3.8, 4) is 22.3 Å². The van der Waals surface area contributed by atoms with Crippen LogP contribution >= 0.6 is 11.3 Å². The van der Waals surface area contributed by atoms with Gasteiger partial charge in [-0.15, -0.1) is 11.3 Å². The number of nitrogens with one attached hydrogen (secondary N) is 1. The van der Waals surface area contributed by atoms with E-state index in [2.05, 4.69) is 10.8 Å². The predicted molar refractivity (Wildman–Crippen MR) is 91.5 cm³/mol. The first-order valence-electron chi connectivity index (χ1n) is 7.27. The molecule has 1 saturated heterocycles. The number of hydrogen-bond acceptors (Lipinski definition) is 6. The van der Waals surface area contributed by atoms with Crippen molar-refractivity contribution in [3.63, 3.8) is 0 Å². The molecule has 3 rings (SSSR count). The summed E-state index contributed by atoms with van der Waals surface area (Å²) in [6, 6.07) is 12.9. The molecule has 0 aliphatic carbocycles. The standard InChI is InChI=1S/C16H16N2O4S2/c1-24(19,20)18-14-9-21-10-15(14)22-12-4-2-11(3-5-12)16-7-6-13(8-17)23-16/h2-7,14-15,18H,9-10H2,1H3/t14-,15+/m0/s1. The zero-order valence-corrected chi connectivity index (χ0v) is 14.6. The summed E-state index contributed by atoms with van der Waals surface area (Å²) in [5.41, 5.74) is 1.00. The molecule has 1 aromatic heterocycles. The van der Waals surface area contributed by atoms with E-state index in [1.165, 1.54) is 11.3 Å². The maximum absolute atomic E-state index is 11.4. The third kappa shape index (κ3) is 4.13. The number of ether oxygens (including phenoxy) is 2. The highest BCUT2D eigenvalue weighted by Gasteiger charge is 2.32. The molecule has 0 unspecified atom stereocenters. The molecule has 1 fully saturated rings. The minimum atomic E-state index is -3.31. The van der Waals surface area contributed by atoms with Gasteiger partial charge in [0.15, 0.2) is 0 Å². The van der Waals surface area contributed by atoms with Gasteiger partial charge in [0.05, 0.1) is 25.5 Å². The number of hydrogen-bond donors (Lipinski definition) is 1. The van der Waals surface area contributed by atoms with Gasteiger partial charge in [-0.2, -0.15) is 5.26 Å². The van der Waals surface area contributed by atoms with E-state index >= 15 is 0 Å². The van der Waals surface area contributed by atoms with Crippen molar-refractivity contribution in [2.24, 2.45) is 0 Å². The molecule has 2 atom stereocenters. The second-order valence-corrected chi connectivity index (χ2v) is 8.35. The fraction of sp³-hybridized carbons (Fsp3) is 0.312. The van der Waals surface area contributed by atoms with E-state index in [0.29, 0.717) is 23.8 Å². The van der Waals surface area contributed by atoms with Crippen LogP contribution in [0.25, 0.3) is 10.4 Å². The van der Waals surface area contributed by atoms with Crippen molar-refractivity contribution < 1.29 is 17.9 Å². The van der Waals surface area contributed by atoms with Crippen molar-refractivity contribution in [3.05, 3.63) is 41.3 Å². The summed E-state index contributed by atoms with van der Waals surface area (Å²) < 4.78 is 36.4. The van der Waals surface area contributed by atoms with Gasteiger partial charge >= 0.3 is 0 Å². The topological polar surface area (TPSA) is 88.4 Å². The number of nitriles is 1. The fourth-order valence-corrected chi connectivity index (χ4v) is 4.04. The van der Waals surface area contributed by atoms with Crippen molar-refractivity contribution in [2.45, 2.75) is 12.1 Å². The summed E-state index contributed by atoms with van der Waals surface area (Å²) in [6.07, 6.45) is 0.755. The van der Waals surface area contributed by atoms with Gasteiger partial charge < -0.3 is 9.47 Å². The predicted octanol–water partition coefficient (Wildman–Crippen LogP) is 1.98. The van der Waals surface area contributed by atoms with Crippen LogP contribution in [0, 0.1) is 11.3 Å². The van der Waals surface area contributed by atoms with Crippen LogP contribution in [-0.2, 0) is 14.8 Å². The second kappa shape index (κ2) is 6.91. The highest BCUT2D eigenvalue weighted by molar-refractivity contribution is 7.88. The van der Waals surface area contributed by atoms with E-state index in [-0.39, 0.29) is 6.10 Å². The molecule has 126 valence electrons. The molecular weight excluding hydrogens is 348 g/mol. The second-order valence-electron chi connectivity index (χ2n) is 5.49. The molecule has 6 nitrogen and oxygen atoms in total. The molecule has 0 amide bonds. The van der Waals surface area contributed by atoms with E-state index in [9.17, 15) is 8.42 Å². The number of rotatable bonds is 5. The van der Waals surface area contributed by atoms with Gasteiger partial charge in [-0.05, 0) is 42.0 Å². The first-order valence-corrected chi connectivity index (χ1v) is 9.97. The van der Waals surface area contributed by atoms with Crippen LogP contribution in [-0.4, -0.2) is 40.0 Å². The Morgan fingerprint density at radius 3 is 2.62 bits per heavy atom. The first kappa shape index (κ1) is 16.9. The van der Waals surface area contributed by atoms with Crippen LogP contribution in [0.4, 0.5) is 0 Å². The smallest absolute Gasteiger partial charge is 0.209 e. The van der Waals surface area contributed by atoms with Gasteiger partial charge in [-0.3, -0.25) is 0 Å². The minimum Gasteiger partial charge on any atom is -0.486 e. The summed E-state index contributed by atoms with van der Waals surface area (Å²) in [4.78, 5) is 1.68. The van der Waals surface area contributed by atoms with E-state index in [4.69, 9.17) is 14.7 Å². The molecular formula is C16H16N2O4S2. The summed E-state index contributed by atoms with van der Waals surface area (Å²) in [5, 5.41) is 8.89. The van der Waals surface area contributed by atoms with Gasteiger partial charge in [0.1, 0.15) is 22.8 Å². The molecule has 0 radical (unpaired) electrons. The Labute approximate surface area is 144 Å². The van der Waals surface area contributed by atoms with Crippen molar-refractivity contribution in [1.29, 1.82) is 5.26 Å². The van der Waals surface area contributed by atoms with Crippen molar-refractivity contribution in [1.82, 2.24) is 4.72 Å². The van der Waals surface area contributed by atoms with Gasteiger partial charge in [0.2, 0.25) is 10.0 Å². The van der Waals surface area contributed by atoms with Gasteiger partial charge in [0, 0.05) is 4.88 Å². The quantitative estimate of drug-likeness (QED) is 0.876. The molecule has 0 spiro atoms. The van der Waals surface area contributed by atoms with Crippen molar-refractivity contribution >= 4 is 21.4 Å². The Bertz CT molecular complexity index is 853. The van der Waals surface area contributed by atoms with Crippen molar-refractivity contribution in [2.75, 3.05) is 19.5 Å². The van der Waals surface area contributed by atoms with Crippen LogP contribution in [0.1, 0.15) is 4.88 Å². The van der Waals surface area contributed by atoms with Gasteiger partial charge in [-0.25, -0.2) is 13.1 Å².